The van der Waals surface area contributed by atoms with Crippen LogP contribution in [0.25, 0.3) is 0 Å². The second-order valence-electron chi connectivity index (χ2n) is 8.72. The molecule has 2 heteroatoms. The van der Waals surface area contributed by atoms with Crippen molar-refractivity contribution in [2.75, 3.05) is 26.2 Å². The third kappa shape index (κ3) is 8.97. The van der Waals surface area contributed by atoms with E-state index in [1.807, 2.05) is 0 Å². The van der Waals surface area contributed by atoms with Crippen LogP contribution in [0.15, 0.2) is 0 Å². The molecule has 0 aliphatic carbocycles. The summed E-state index contributed by atoms with van der Waals surface area (Å²) in [4.78, 5) is 2.68. The van der Waals surface area contributed by atoms with Crippen molar-refractivity contribution in [3.63, 3.8) is 0 Å². The van der Waals surface area contributed by atoms with Crippen LogP contribution in [0.2, 0.25) is 0 Å². The lowest BCUT2D eigenvalue weighted by Gasteiger charge is -2.34. The number of ether oxygens (including phenoxy) is 1. The first-order valence-corrected chi connectivity index (χ1v) is 8.52. The highest BCUT2D eigenvalue weighted by Gasteiger charge is 2.21. The molecule has 0 bridgehead atoms. The van der Waals surface area contributed by atoms with Crippen LogP contribution in [0.5, 0.6) is 0 Å². The molecule has 0 N–H and O–H groups in total. The summed E-state index contributed by atoms with van der Waals surface area (Å²) in [5, 5.41) is 0. The number of likely N-dealkylation sites (tertiary alicyclic amines) is 1. The molecule has 1 aliphatic rings. The lowest BCUT2D eigenvalue weighted by molar-refractivity contribution is -0.0134. The first kappa shape index (κ1) is 18.0. The second kappa shape index (κ2) is 7.79. The molecule has 0 saturated carbocycles. The number of piperidine rings is 1. The summed E-state index contributed by atoms with van der Waals surface area (Å²) >= 11 is 0. The Kier molecular flexibility index (Phi) is 7.00. The van der Waals surface area contributed by atoms with Crippen molar-refractivity contribution in [2.45, 2.75) is 79.2 Å². The van der Waals surface area contributed by atoms with Crippen LogP contribution >= 0.6 is 0 Å². The number of nitrogens with zero attached hydrogens (tertiary/aromatic N) is 1. The van der Waals surface area contributed by atoms with Crippen molar-refractivity contribution in [2.24, 2.45) is 11.3 Å². The quantitative estimate of drug-likeness (QED) is 0.698. The zero-order valence-corrected chi connectivity index (χ0v) is 14.8. The molecule has 1 aliphatic heterocycles. The molecule has 1 rings (SSSR count). The van der Waals surface area contributed by atoms with E-state index in [1.165, 1.54) is 51.7 Å². The summed E-state index contributed by atoms with van der Waals surface area (Å²) in [6.45, 7) is 18.3. The molecular weight excluding hydrogens is 246 g/mol. The smallest absolute Gasteiger partial charge is 0.0598 e. The Balaban J connectivity index is 2.18. The van der Waals surface area contributed by atoms with Gasteiger partial charge in [0.1, 0.15) is 0 Å². The molecule has 1 unspecified atom stereocenters. The summed E-state index contributed by atoms with van der Waals surface area (Å²) < 4.78 is 5.87. The van der Waals surface area contributed by atoms with Crippen LogP contribution in [0.3, 0.4) is 0 Å². The van der Waals surface area contributed by atoms with E-state index in [0.29, 0.717) is 5.41 Å². The normalized spacial score (nSPS) is 22.2. The van der Waals surface area contributed by atoms with Gasteiger partial charge in [0.2, 0.25) is 0 Å². The first-order chi connectivity index (χ1) is 9.16. The van der Waals surface area contributed by atoms with Gasteiger partial charge in [-0.1, -0.05) is 20.8 Å². The van der Waals surface area contributed by atoms with Gasteiger partial charge in [0.15, 0.2) is 0 Å². The highest BCUT2D eigenvalue weighted by Crippen LogP contribution is 2.24. The molecule has 0 aromatic rings. The summed E-state index contributed by atoms with van der Waals surface area (Å²) in [5.74, 6) is 0.848. The predicted molar refractivity (Wildman–Crippen MR) is 88.2 cm³/mol. The van der Waals surface area contributed by atoms with Gasteiger partial charge in [-0.05, 0) is 77.3 Å². The average molecular weight is 284 g/mol. The molecule has 1 atom stereocenters. The molecule has 1 heterocycles. The van der Waals surface area contributed by atoms with Gasteiger partial charge in [0, 0.05) is 13.2 Å². The van der Waals surface area contributed by atoms with E-state index in [4.69, 9.17) is 4.74 Å². The molecule has 0 aromatic carbocycles. The van der Waals surface area contributed by atoms with Gasteiger partial charge in [-0.25, -0.2) is 0 Å². The number of rotatable bonds is 6. The molecule has 0 spiro atoms. The minimum Gasteiger partial charge on any atom is -0.376 e. The molecular formula is C18H37NO. The molecule has 1 saturated heterocycles. The van der Waals surface area contributed by atoms with Gasteiger partial charge in [-0.2, -0.15) is 0 Å². The van der Waals surface area contributed by atoms with Gasteiger partial charge < -0.3 is 9.64 Å². The number of hydrogen-bond acceptors (Lipinski definition) is 2. The third-order valence-electron chi connectivity index (χ3n) is 4.07. The second-order valence-corrected chi connectivity index (χ2v) is 8.72. The fourth-order valence-corrected chi connectivity index (χ4v) is 2.95. The van der Waals surface area contributed by atoms with Crippen molar-refractivity contribution in [3.8, 4) is 0 Å². The summed E-state index contributed by atoms with van der Waals surface area (Å²) in [7, 11) is 0. The molecule has 0 aromatic heterocycles. The van der Waals surface area contributed by atoms with Crippen LogP contribution in [-0.4, -0.2) is 36.7 Å². The van der Waals surface area contributed by atoms with Crippen molar-refractivity contribution in [3.05, 3.63) is 0 Å². The maximum Gasteiger partial charge on any atom is 0.0598 e. The van der Waals surface area contributed by atoms with Gasteiger partial charge in [0.25, 0.3) is 0 Å². The van der Waals surface area contributed by atoms with E-state index >= 15 is 0 Å². The van der Waals surface area contributed by atoms with Gasteiger partial charge in [-0.15, -0.1) is 0 Å². The van der Waals surface area contributed by atoms with Crippen molar-refractivity contribution >= 4 is 0 Å². The monoisotopic (exact) mass is 283 g/mol. The topological polar surface area (TPSA) is 12.5 Å². The third-order valence-corrected chi connectivity index (χ3v) is 4.07. The largest absolute Gasteiger partial charge is 0.376 e. The maximum atomic E-state index is 5.87. The van der Waals surface area contributed by atoms with Gasteiger partial charge in [0.05, 0.1) is 5.60 Å². The van der Waals surface area contributed by atoms with E-state index in [-0.39, 0.29) is 5.60 Å². The zero-order chi connectivity index (χ0) is 15.2. The van der Waals surface area contributed by atoms with Crippen molar-refractivity contribution in [1.82, 2.24) is 4.90 Å². The maximum absolute atomic E-state index is 5.87. The fraction of sp³-hybridized carbons (Fsp3) is 1.00. The summed E-state index contributed by atoms with van der Waals surface area (Å²) in [6.07, 6.45) is 6.67. The Morgan fingerprint density at radius 2 is 1.80 bits per heavy atom. The standard InChI is InChI=1S/C18H37NO/c1-17(2,3)11-8-13-19-12-7-9-16(15-19)10-14-20-18(4,5)6/h16H,7-15H2,1-6H3. The Hall–Kier alpha value is -0.0800. The Bertz CT molecular complexity index is 236. The van der Waals surface area contributed by atoms with Crippen molar-refractivity contribution < 1.29 is 4.74 Å². The van der Waals surface area contributed by atoms with Gasteiger partial charge in [-0.3, -0.25) is 0 Å². The first-order valence-electron chi connectivity index (χ1n) is 8.52. The summed E-state index contributed by atoms with van der Waals surface area (Å²) in [5.41, 5.74) is 0.497. The molecule has 0 radical (unpaired) electrons. The Morgan fingerprint density at radius 3 is 2.40 bits per heavy atom. The van der Waals surface area contributed by atoms with E-state index in [1.54, 1.807) is 0 Å². The van der Waals surface area contributed by atoms with E-state index in [9.17, 15) is 0 Å². The molecule has 0 amide bonds. The van der Waals surface area contributed by atoms with Crippen LogP contribution < -0.4 is 0 Å². The van der Waals surface area contributed by atoms with E-state index in [2.05, 4.69) is 46.4 Å². The molecule has 1 fully saturated rings. The van der Waals surface area contributed by atoms with Gasteiger partial charge >= 0.3 is 0 Å². The minimum absolute atomic E-state index is 0.0149. The highest BCUT2D eigenvalue weighted by molar-refractivity contribution is 4.74. The lowest BCUT2D eigenvalue weighted by Crippen LogP contribution is -2.37. The summed E-state index contributed by atoms with van der Waals surface area (Å²) in [6, 6.07) is 0. The Morgan fingerprint density at radius 1 is 1.10 bits per heavy atom. The van der Waals surface area contributed by atoms with E-state index in [0.717, 1.165) is 12.5 Å². The minimum atomic E-state index is 0.0149. The molecule has 20 heavy (non-hydrogen) atoms. The SMILES string of the molecule is CC(C)(C)CCCN1CCCC(CCOC(C)(C)C)C1. The van der Waals surface area contributed by atoms with E-state index < -0.39 is 0 Å². The van der Waals surface area contributed by atoms with Crippen LogP contribution in [0.4, 0.5) is 0 Å². The Labute approximate surface area is 127 Å². The average Bonchev–Trinajstić information content (AvgIpc) is 2.26. The van der Waals surface area contributed by atoms with Crippen LogP contribution in [0, 0.1) is 11.3 Å². The number of hydrogen-bond donors (Lipinski definition) is 0. The lowest BCUT2D eigenvalue weighted by atomic mass is 9.90. The zero-order valence-electron chi connectivity index (χ0n) is 14.8. The molecule has 2 nitrogen and oxygen atoms in total. The molecule has 120 valence electrons. The van der Waals surface area contributed by atoms with Crippen molar-refractivity contribution in [1.29, 1.82) is 0 Å². The van der Waals surface area contributed by atoms with Crippen LogP contribution in [0.1, 0.15) is 73.6 Å². The highest BCUT2D eigenvalue weighted by atomic mass is 16.5. The van der Waals surface area contributed by atoms with Crippen LogP contribution in [-0.2, 0) is 4.74 Å². The fourth-order valence-electron chi connectivity index (χ4n) is 2.95. The predicted octanol–water partition coefficient (Wildman–Crippen LogP) is 4.73.